The Kier molecular flexibility index (Phi) is 1.85. The van der Waals surface area contributed by atoms with Crippen molar-refractivity contribution in [1.82, 2.24) is 9.78 Å². The first kappa shape index (κ1) is 7.63. The number of hydrogen-bond acceptors (Lipinski definition) is 1. The van der Waals surface area contributed by atoms with Crippen LogP contribution in [0.15, 0.2) is 42.7 Å². The minimum atomic E-state index is 0.885. The Balaban J connectivity index is 2.40. The summed E-state index contributed by atoms with van der Waals surface area (Å²) in [6.45, 7) is 0. The van der Waals surface area contributed by atoms with Crippen LogP contribution in [-0.4, -0.2) is 9.78 Å². The second-order valence-corrected chi connectivity index (χ2v) is 2.64. The molecule has 1 aromatic carbocycles. The Hall–Kier alpha value is -2.01. The average molecular weight is 168 g/mol. The van der Waals surface area contributed by atoms with Gasteiger partial charge in [0.05, 0.1) is 5.69 Å². The van der Waals surface area contributed by atoms with Crippen LogP contribution in [0, 0.1) is 12.3 Å². The van der Waals surface area contributed by atoms with Gasteiger partial charge in [0, 0.05) is 18.0 Å². The van der Waals surface area contributed by atoms with Crippen molar-refractivity contribution in [2.75, 3.05) is 0 Å². The normalized spacial score (nSPS) is 9.46. The smallest absolute Gasteiger partial charge is 0.0646 e. The molecular formula is C11H8N2. The topological polar surface area (TPSA) is 17.8 Å². The number of rotatable bonds is 1. The zero-order valence-electron chi connectivity index (χ0n) is 7.01. The molecule has 2 rings (SSSR count). The van der Waals surface area contributed by atoms with Gasteiger partial charge in [-0.15, -0.1) is 6.42 Å². The van der Waals surface area contributed by atoms with E-state index >= 15 is 0 Å². The second kappa shape index (κ2) is 3.16. The predicted octanol–water partition coefficient (Wildman–Crippen LogP) is 1.85. The van der Waals surface area contributed by atoms with Gasteiger partial charge < -0.3 is 0 Å². The summed E-state index contributed by atoms with van der Waals surface area (Å²) in [6, 6.07) is 9.58. The van der Waals surface area contributed by atoms with Crippen LogP contribution in [0.4, 0.5) is 0 Å². The molecule has 1 heterocycles. The molecule has 2 nitrogen and oxygen atoms in total. The molecule has 0 aliphatic rings. The Morgan fingerprint density at radius 2 is 2.00 bits per heavy atom. The minimum absolute atomic E-state index is 0.885. The molecule has 0 atom stereocenters. The molecule has 13 heavy (non-hydrogen) atoms. The number of terminal acetylenes is 1. The molecule has 0 fully saturated rings. The quantitative estimate of drug-likeness (QED) is 0.594. The summed E-state index contributed by atoms with van der Waals surface area (Å²) in [4.78, 5) is 0. The second-order valence-electron chi connectivity index (χ2n) is 2.64. The molecule has 1 aromatic heterocycles. The minimum Gasteiger partial charge on any atom is -0.241 e. The van der Waals surface area contributed by atoms with E-state index in [1.54, 1.807) is 10.9 Å². The maximum atomic E-state index is 5.25. The maximum Gasteiger partial charge on any atom is 0.0646 e. The molecule has 0 spiro atoms. The first-order valence-electron chi connectivity index (χ1n) is 3.97. The molecule has 0 saturated carbocycles. The zero-order chi connectivity index (χ0) is 9.10. The molecule has 62 valence electrons. The highest BCUT2D eigenvalue weighted by Gasteiger charge is 1.94. The molecule has 0 amide bonds. The molecule has 0 unspecified atom stereocenters. The molecule has 0 saturated heterocycles. The highest BCUT2D eigenvalue weighted by Crippen LogP contribution is 2.07. The lowest BCUT2D eigenvalue weighted by Gasteiger charge is -1.99. The van der Waals surface area contributed by atoms with Gasteiger partial charge in [-0.25, -0.2) is 4.68 Å². The summed E-state index contributed by atoms with van der Waals surface area (Å²) in [6.07, 6.45) is 8.89. The third-order valence-corrected chi connectivity index (χ3v) is 1.80. The van der Waals surface area contributed by atoms with Gasteiger partial charge in [-0.3, -0.25) is 0 Å². The van der Waals surface area contributed by atoms with Crippen LogP contribution in [0.2, 0.25) is 0 Å². The van der Waals surface area contributed by atoms with E-state index in [1.807, 2.05) is 36.5 Å². The standard InChI is InChI=1S/C11H8N2/c1-2-10-4-6-11(7-5-10)13-9-3-8-12-13/h1,3-9H. The van der Waals surface area contributed by atoms with Gasteiger partial charge >= 0.3 is 0 Å². The van der Waals surface area contributed by atoms with Crippen LogP contribution in [0.1, 0.15) is 5.56 Å². The van der Waals surface area contributed by atoms with Crippen molar-refractivity contribution in [3.8, 4) is 18.0 Å². The summed E-state index contributed by atoms with van der Waals surface area (Å²) in [5, 5.41) is 4.11. The highest BCUT2D eigenvalue weighted by molar-refractivity contribution is 5.40. The summed E-state index contributed by atoms with van der Waals surface area (Å²) in [5.41, 5.74) is 1.90. The molecule has 0 aliphatic heterocycles. The summed E-state index contributed by atoms with van der Waals surface area (Å²) >= 11 is 0. The molecule has 0 radical (unpaired) electrons. The fourth-order valence-electron chi connectivity index (χ4n) is 1.13. The Morgan fingerprint density at radius 1 is 1.23 bits per heavy atom. The molecular weight excluding hydrogens is 160 g/mol. The van der Waals surface area contributed by atoms with E-state index in [4.69, 9.17) is 6.42 Å². The first-order valence-corrected chi connectivity index (χ1v) is 3.97. The van der Waals surface area contributed by atoms with E-state index in [0.717, 1.165) is 11.3 Å². The number of benzene rings is 1. The molecule has 2 aromatic rings. The van der Waals surface area contributed by atoms with Crippen molar-refractivity contribution in [1.29, 1.82) is 0 Å². The van der Waals surface area contributed by atoms with Gasteiger partial charge in [0.1, 0.15) is 0 Å². The largest absolute Gasteiger partial charge is 0.241 e. The molecule has 0 bridgehead atoms. The lowest BCUT2D eigenvalue weighted by molar-refractivity contribution is 0.880. The van der Waals surface area contributed by atoms with E-state index in [0.29, 0.717) is 0 Å². The van der Waals surface area contributed by atoms with Crippen molar-refractivity contribution >= 4 is 0 Å². The van der Waals surface area contributed by atoms with Crippen LogP contribution in [0.3, 0.4) is 0 Å². The zero-order valence-corrected chi connectivity index (χ0v) is 7.01. The summed E-state index contributed by atoms with van der Waals surface area (Å²) < 4.78 is 1.79. The van der Waals surface area contributed by atoms with Gasteiger partial charge in [0.25, 0.3) is 0 Å². The van der Waals surface area contributed by atoms with Crippen LogP contribution in [0.5, 0.6) is 0 Å². The van der Waals surface area contributed by atoms with Gasteiger partial charge in [-0.1, -0.05) is 5.92 Å². The van der Waals surface area contributed by atoms with Gasteiger partial charge in [0.15, 0.2) is 0 Å². The van der Waals surface area contributed by atoms with Crippen molar-refractivity contribution in [2.24, 2.45) is 0 Å². The average Bonchev–Trinajstić information content (AvgIpc) is 2.71. The van der Waals surface area contributed by atoms with E-state index in [1.165, 1.54) is 0 Å². The van der Waals surface area contributed by atoms with Crippen LogP contribution in [-0.2, 0) is 0 Å². The number of aromatic nitrogens is 2. The third kappa shape index (κ3) is 1.45. The van der Waals surface area contributed by atoms with E-state index in [-0.39, 0.29) is 0 Å². The number of nitrogens with zero attached hydrogens (tertiary/aromatic N) is 2. The highest BCUT2D eigenvalue weighted by atomic mass is 15.3. The Bertz CT molecular complexity index is 418. The van der Waals surface area contributed by atoms with Crippen molar-refractivity contribution in [3.63, 3.8) is 0 Å². The van der Waals surface area contributed by atoms with Gasteiger partial charge in [-0.2, -0.15) is 5.10 Å². The van der Waals surface area contributed by atoms with Crippen LogP contribution < -0.4 is 0 Å². The fraction of sp³-hybridized carbons (Fsp3) is 0. The van der Waals surface area contributed by atoms with Crippen LogP contribution >= 0.6 is 0 Å². The third-order valence-electron chi connectivity index (χ3n) is 1.80. The lowest BCUT2D eigenvalue weighted by atomic mass is 10.2. The predicted molar refractivity (Wildman–Crippen MR) is 51.5 cm³/mol. The van der Waals surface area contributed by atoms with Gasteiger partial charge in [-0.05, 0) is 30.3 Å². The van der Waals surface area contributed by atoms with Crippen molar-refractivity contribution < 1.29 is 0 Å². The van der Waals surface area contributed by atoms with Crippen molar-refractivity contribution in [2.45, 2.75) is 0 Å². The maximum absolute atomic E-state index is 5.25. The van der Waals surface area contributed by atoms with Crippen LogP contribution in [0.25, 0.3) is 5.69 Å². The lowest BCUT2D eigenvalue weighted by Crippen LogP contribution is -1.93. The van der Waals surface area contributed by atoms with Gasteiger partial charge in [0.2, 0.25) is 0 Å². The number of hydrogen-bond donors (Lipinski definition) is 0. The summed E-state index contributed by atoms with van der Waals surface area (Å²) in [7, 11) is 0. The first-order chi connectivity index (χ1) is 6.40. The monoisotopic (exact) mass is 168 g/mol. The molecule has 2 heteroatoms. The van der Waals surface area contributed by atoms with E-state index in [9.17, 15) is 0 Å². The van der Waals surface area contributed by atoms with Crippen molar-refractivity contribution in [3.05, 3.63) is 48.3 Å². The molecule has 0 N–H and O–H groups in total. The van der Waals surface area contributed by atoms with E-state index in [2.05, 4.69) is 11.0 Å². The van der Waals surface area contributed by atoms with E-state index < -0.39 is 0 Å². The fourth-order valence-corrected chi connectivity index (χ4v) is 1.13. The Labute approximate surface area is 76.8 Å². The Morgan fingerprint density at radius 3 is 2.54 bits per heavy atom. The molecule has 0 aliphatic carbocycles. The SMILES string of the molecule is C#Cc1ccc(-n2cccn2)cc1. The summed E-state index contributed by atoms with van der Waals surface area (Å²) in [5.74, 6) is 2.57.